The van der Waals surface area contributed by atoms with Gasteiger partial charge in [-0.25, -0.2) is 0 Å². The summed E-state index contributed by atoms with van der Waals surface area (Å²) in [5.41, 5.74) is 6.26. The van der Waals surface area contributed by atoms with Crippen molar-refractivity contribution in [3.63, 3.8) is 0 Å². The summed E-state index contributed by atoms with van der Waals surface area (Å²) in [6, 6.07) is 7.42. The van der Waals surface area contributed by atoms with Crippen LogP contribution in [0.1, 0.15) is 19.3 Å². The highest BCUT2D eigenvalue weighted by Gasteiger charge is 2.31. The van der Waals surface area contributed by atoms with Crippen molar-refractivity contribution in [3.05, 3.63) is 24.3 Å². The third kappa shape index (κ3) is 4.13. The van der Waals surface area contributed by atoms with Gasteiger partial charge in [0.25, 0.3) is 0 Å². The van der Waals surface area contributed by atoms with E-state index in [1.807, 2.05) is 0 Å². The zero-order valence-corrected chi connectivity index (χ0v) is 10.9. The highest BCUT2D eigenvalue weighted by molar-refractivity contribution is 5.77. The maximum Gasteiger partial charge on any atom is 0.226 e. The van der Waals surface area contributed by atoms with E-state index in [2.05, 4.69) is 0 Å². The molecule has 0 heterocycles. The van der Waals surface area contributed by atoms with Crippen LogP contribution in [0.3, 0.4) is 0 Å². The smallest absolute Gasteiger partial charge is 0.226 e. The van der Waals surface area contributed by atoms with Gasteiger partial charge < -0.3 is 20.5 Å². The molecule has 1 aromatic carbocycles. The van der Waals surface area contributed by atoms with Gasteiger partial charge in [0.2, 0.25) is 5.91 Å². The summed E-state index contributed by atoms with van der Waals surface area (Å²) >= 11 is 0. The first-order chi connectivity index (χ1) is 9.20. The number of amides is 1. The molecule has 0 unspecified atom stereocenters. The van der Waals surface area contributed by atoms with Crippen molar-refractivity contribution >= 4 is 11.6 Å². The highest BCUT2D eigenvalue weighted by atomic mass is 16.5. The Morgan fingerprint density at radius 3 is 2.63 bits per heavy atom. The molecule has 0 atom stereocenters. The highest BCUT2D eigenvalue weighted by Crippen LogP contribution is 2.27. The van der Waals surface area contributed by atoms with Crippen molar-refractivity contribution in [2.24, 2.45) is 0 Å². The number of benzene rings is 1. The third-order valence-electron chi connectivity index (χ3n) is 3.11. The second-order valence-corrected chi connectivity index (χ2v) is 4.71. The number of rotatable bonds is 7. The van der Waals surface area contributed by atoms with Gasteiger partial charge in [-0.1, -0.05) is 0 Å². The second kappa shape index (κ2) is 6.43. The fourth-order valence-electron chi connectivity index (χ4n) is 1.97. The van der Waals surface area contributed by atoms with Gasteiger partial charge >= 0.3 is 0 Å². The summed E-state index contributed by atoms with van der Waals surface area (Å²) in [6.07, 6.45) is 2.43. The molecule has 1 aliphatic carbocycles. The van der Waals surface area contributed by atoms with Gasteiger partial charge in [-0.05, 0) is 37.1 Å². The van der Waals surface area contributed by atoms with Crippen molar-refractivity contribution in [3.8, 4) is 5.75 Å². The van der Waals surface area contributed by atoms with Gasteiger partial charge in [0.05, 0.1) is 19.6 Å². The molecule has 0 aromatic heterocycles. The van der Waals surface area contributed by atoms with Gasteiger partial charge in [-0.2, -0.15) is 0 Å². The Morgan fingerprint density at radius 1 is 1.37 bits per heavy atom. The van der Waals surface area contributed by atoms with Crippen LogP contribution in [-0.4, -0.2) is 41.7 Å². The minimum absolute atomic E-state index is 0.0149. The maximum atomic E-state index is 12.0. The topological polar surface area (TPSA) is 75.8 Å². The SMILES string of the molecule is Nc1ccc(OCCC(=O)N(CCO)C2CC2)cc1. The van der Waals surface area contributed by atoms with Crippen LogP contribution < -0.4 is 10.5 Å². The Morgan fingerprint density at radius 2 is 2.05 bits per heavy atom. The number of nitrogen functional groups attached to an aromatic ring is 1. The zero-order chi connectivity index (χ0) is 13.7. The number of hydrogen-bond acceptors (Lipinski definition) is 4. The van der Waals surface area contributed by atoms with Gasteiger partial charge in [0.15, 0.2) is 0 Å². The fourth-order valence-corrected chi connectivity index (χ4v) is 1.97. The number of nitrogens with zero attached hydrogens (tertiary/aromatic N) is 1. The molecule has 5 nitrogen and oxygen atoms in total. The molecule has 0 saturated heterocycles. The lowest BCUT2D eigenvalue weighted by atomic mass is 10.3. The summed E-state index contributed by atoms with van der Waals surface area (Å²) in [6.45, 7) is 0.782. The van der Waals surface area contributed by atoms with Crippen molar-refractivity contribution in [1.82, 2.24) is 4.90 Å². The predicted molar refractivity (Wildman–Crippen MR) is 72.8 cm³/mol. The Kier molecular flexibility index (Phi) is 4.63. The number of nitrogens with two attached hydrogens (primary N) is 1. The molecule has 104 valence electrons. The van der Waals surface area contributed by atoms with E-state index in [4.69, 9.17) is 15.6 Å². The monoisotopic (exact) mass is 264 g/mol. The minimum Gasteiger partial charge on any atom is -0.493 e. The summed E-state index contributed by atoms with van der Waals surface area (Å²) < 4.78 is 5.49. The molecule has 1 fully saturated rings. The van der Waals surface area contributed by atoms with Crippen LogP contribution in [0.15, 0.2) is 24.3 Å². The second-order valence-electron chi connectivity index (χ2n) is 4.71. The maximum absolute atomic E-state index is 12.0. The molecule has 0 aliphatic heterocycles. The van der Waals surface area contributed by atoms with Crippen molar-refractivity contribution in [1.29, 1.82) is 0 Å². The number of ether oxygens (including phenoxy) is 1. The van der Waals surface area contributed by atoms with E-state index in [1.54, 1.807) is 29.2 Å². The standard InChI is InChI=1S/C14H20N2O3/c15-11-1-5-13(6-2-11)19-10-7-14(18)16(8-9-17)12-3-4-12/h1-2,5-6,12,17H,3-4,7-10,15H2. The van der Waals surface area contributed by atoms with Gasteiger partial charge in [-0.3, -0.25) is 4.79 Å². The molecular weight excluding hydrogens is 244 g/mol. The van der Waals surface area contributed by atoms with Crippen molar-refractivity contribution < 1.29 is 14.6 Å². The molecule has 1 aromatic rings. The summed E-state index contributed by atoms with van der Waals surface area (Å²) in [5.74, 6) is 0.758. The Balaban J connectivity index is 1.75. The van der Waals surface area contributed by atoms with Crippen LogP contribution in [0, 0.1) is 0 Å². The molecule has 5 heteroatoms. The Hall–Kier alpha value is -1.75. The lowest BCUT2D eigenvalue weighted by molar-refractivity contribution is -0.132. The van der Waals surface area contributed by atoms with Crippen LogP contribution in [0.2, 0.25) is 0 Å². The predicted octanol–water partition coefficient (Wildman–Crippen LogP) is 1.02. The molecule has 0 bridgehead atoms. The number of aliphatic hydroxyl groups is 1. The fraction of sp³-hybridized carbons (Fsp3) is 0.500. The summed E-state index contributed by atoms with van der Waals surface area (Å²) in [4.78, 5) is 13.7. The minimum atomic E-state index is 0.0149. The van der Waals surface area contributed by atoms with E-state index in [-0.39, 0.29) is 12.5 Å². The molecule has 1 aliphatic rings. The largest absolute Gasteiger partial charge is 0.493 e. The third-order valence-corrected chi connectivity index (χ3v) is 3.11. The van der Waals surface area contributed by atoms with Crippen LogP contribution in [0.5, 0.6) is 5.75 Å². The number of carbonyl (C=O) groups excluding carboxylic acids is 1. The van der Waals surface area contributed by atoms with E-state index >= 15 is 0 Å². The molecular formula is C14H20N2O3. The lowest BCUT2D eigenvalue weighted by Crippen LogP contribution is -2.36. The van der Waals surface area contributed by atoms with Crippen LogP contribution in [-0.2, 0) is 4.79 Å². The van der Waals surface area contributed by atoms with E-state index in [0.717, 1.165) is 12.8 Å². The number of aliphatic hydroxyl groups excluding tert-OH is 1. The normalized spacial score (nSPS) is 14.2. The number of anilines is 1. The quantitative estimate of drug-likeness (QED) is 0.721. The van der Waals surface area contributed by atoms with Crippen LogP contribution in [0.4, 0.5) is 5.69 Å². The first kappa shape index (κ1) is 13.7. The van der Waals surface area contributed by atoms with Gasteiger partial charge in [0, 0.05) is 18.3 Å². The van der Waals surface area contributed by atoms with Crippen LogP contribution in [0.25, 0.3) is 0 Å². The average molecular weight is 264 g/mol. The first-order valence-corrected chi connectivity index (χ1v) is 6.59. The lowest BCUT2D eigenvalue weighted by Gasteiger charge is -2.21. The molecule has 3 N–H and O–H groups in total. The molecule has 1 saturated carbocycles. The first-order valence-electron chi connectivity index (χ1n) is 6.59. The molecule has 19 heavy (non-hydrogen) atoms. The van der Waals surface area contributed by atoms with Crippen molar-refractivity contribution in [2.45, 2.75) is 25.3 Å². The number of carbonyl (C=O) groups is 1. The summed E-state index contributed by atoms with van der Waals surface area (Å²) in [5, 5.41) is 8.95. The molecule has 2 rings (SSSR count). The van der Waals surface area contributed by atoms with Gasteiger partial charge in [0.1, 0.15) is 5.75 Å². The van der Waals surface area contributed by atoms with E-state index in [0.29, 0.717) is 37.1 Å². The van der Waals surface area contributed by atoms with E-state index < -0.39 is 0 Å². The average Bonchev–Trinajstić information content (AvgIpc) is 3.22. The Labute approximate surface area is 113 Å². The van der Waals surface area contributed by atoms with E-state index in [9.17, 15) is 4.79 Å². The van der Waals surface area contributed by atoms with Crippen LogP contribution >= 0.6 is 0 Å². The molecule has 0 spiro atoms. The van der Waals surface area contributed by atoms with Crippen molar-refractivity contribution in [2.75, 3.05) is 25.5 Å². The number of hydrogen-bond donors (Lipinski definition) is 2. The van der Waals surface area contributed by atoms with Gasteiger partial charge in [-0.15, -0.1) is 0 Å². The molecule has 0 radical (unpaired) electrons. The summed E-state index contributed by atoms with van der Waals surface area (Å²) in [7, 11) is 0. The zero-order valence-electron chi connectivity index (χ0n) is 10.9. The Bertz CT molecular complexity index is 415. The van der Waals surface area contributed by atoms with E-state index in [1.165, 1.54) is 0 Å². The molecule has 1 amide bonds.